The van der Waals surface area contributed by atoms with Crippen LogP contribution in [-0.2, 0) is 11.3 Å². The molecule has 2 aromatic rings. The average molecular weight is 365 g/mol. The van der Waals surface area contributed by atoms with Crippen LogP contribution in [0.5, 0.6) is 0 Å². The average Bonchev–Trinajstić information content (AvgIpc) is 2.72. The van der Waals surface area contributed by atoms with Gasteiger partial charge in [-0.3, -0.25) is 4.99 Å². The van der Waals surface area contributed by atoms with Gasteiger partial charge >= 0.3 is 0 Å². The van der Waals surface area contributed by atoms with Crippen LogP contribution in [0.15, 0.2) is 77.9 Å². The highest BCUT2D eigenvalue weighted by molar-refractivity contribution is 6.05. The summed E-state index contributed by atoms with van der Waals surface area (Å²) in [6.07, 6.45) is 10.5. The topological polar surface area (TPSA) is 85.4 Å². The lowest BCUT2D eigenvalue weighted by molar-refractivity contribution is 0.259. The van der Waals surface area contributed by atoms with Crippen LogP contribution in [0.1, 0.15) is 11.4 Å². The number of benzene rings is 1. The van der Waals surface area contributed by atoms with Gasteiger partial charge in [0.2, 0.25) is 0 Å². The van der Waals surface area contributed by atoms with Gasteiger partial charge in [0.15, 0.2) is 11.7 Å². The largest absolute Gasteiger partial charge is 0.483 e. The maximum absolute atomic E-state index is 13.9. The first-order chi connectivity index (χ1) is 13.2. The number of aromatic nitrogens is 2. The highest BCUT2D eigenvalue weighted by atomic mass is 19.1. The lowest BCUT2D eigenvalue weighted by Crippen LogP contribution is -2.36. The SMILES string of the molecule is COC1=CC=CC(C(C=C(N)c2ncccn2)=NCc2ccccc2F)N1. The summed E-state index contributed by atoms with van der Waals surface area (Å²) in [5, 5.41) is 3.20. The van der Waals surface area contributed by atoms with Gasteiger partial charge in [0, 0.05) is 18.0 Å². The molecule has 1 aromatic heterocycles. The van der Waals surface area contributed by atoms with E-state index in [1.165, 1.54) is 6.07 Å². The number of halogens is 1. The van der Waals surface area contributed by atoms with Crippen molar-refractivity contribution < 1.29 is 9.13 Å². The van der Waals surface area contributed by atoms with Crippen LogP contribution in [0.25, 0.3) is 5.70 Å². The molecule has 138 valence electrons. The lowest BCUT2D eigenvalue weighted by Gasteiger charge is -2.21. The second kappa shape index (κ2) is 8.75. The Bertz CT molecular complexity index is 906. The Labute approximate surface area is 157 Å². The van der Waals surface area contributed by atoms with Crippen molar-refractivity contribution in [2.75, 3.05) is 7.11 Å². The van der Waals surface area contributed by atoms with E-state index in [1.807, 2.05) is 12.2 Å². The monoisotopic (exact) mass is 365 g/mol. The Morgan fingerprint density at radius 3 is 2.81 bits per heavy atom. The van der Waals surface area contributed by atoms with Gasteiger partial charge in [-0.25, -0.2) is 14.4 Å². The van der Waals surface area contributed by atoms with Gasteiger partial charge in [0.25, 0.3) is 0 Å². The van der Waals surface area contributed by atoms with Gasteiger partial charge in [-0.1, -0.05) is 30.4 Å². The zero-order chi connectivity index (χ0) is 19.1. The van der Waals surface area contributed by atoms with Gasteiger partial charge in [-0.15, -0.1) is 0 Å². The zero-order valence-electron chi connectivity index (χ0n) is 14.8. The van der Waals surface area contributed by atoms with Gasteiger partial charge in [0.05, 0.1) is 31.1 Å². The molecule has 3 N–H and O–H groups in total. The molecule has 1 aliphatic rings. The minimum absolute atomic E-state index is 0.180. The third kappa shape index (κ3) is 4.78. The van der Waals surface area contributed by atoms with E-state index in [0.717, 1.165) is 0 Å². The molecule has 0 amide bonds. The number of nitrogens with zero attached hydrogens (tertiary/aromatic N) is 3. The first-order valence-corrected chi connectivity index (χ1v) is 8.38. The Balaban J connectivity index is 1.91. The standard InChI is InChI=1S/C20H20FN5O/c1-27-19-9-4-8-17(26-19)18(12-16(22)20-23-10-5-11-24-20)25-13-14-6-2-3-7-15(14)21/h2-12,17,26H,13,22H2,1H3. The van der Waals surface area contributed by atoms with Crippen molar-refractivity contribution in [3.05, 3.63) is 90.1 Å². The predicted octanol–water partition coefficient (Wildman–Crippen LogP) is 2.57. The molecule has 27 heavy (non-hydrogen) atoms. The Kier molecular flexibility index (Phi) is 5.94. The summed E-state index contributed by atoms with van der Waals surface area (Å²) in [5.41, 5.74) is 7.63. The fourth-order valence-electron chi connectivity index (χ4n) is 2.51. The van der Waals surface area contributed by atoms with Crippen LogP contribution >= 0.6 is 0 Å². The second-order valence-electron chi connectivity index (χ2n) is 5.75. The van der Waals surface area contributed by atoms with E-state index in [9.17, 15) is 4.39 Å². The maximum atomic E-state index is 13.9. The summed E-state index contributed by atoms with van der Waals surface area (Å²) in [4.78, 5) is 12.9. The van der Waals surface area contributed by atoms with E-state index in [1.54, 1.807) is 55.9 Å². The van der Waals surface area contributed by atoms with Crippen LogP contribution in [0.3, 0.4) is 0 Å². The van der Waals surface area contributed by atoms with Gasteiger partial charge in [-0.2, -0.15) is 0 Å². The summed E-state index contributed by atoms with van der Waals surface area (Å²) < 4.78 is 19.2. The zero-order valence-corrected chi connectivity index (χ0v) is 14.8. The van der Waals surface area contributed by atoms with Gasteiger partial charge in [-0.05, 0) is 24.3 Å². The van der Waals surface area contributed by atoms with Crippen LogP contribution in [0, 0.1) is 5.82 Å². The molecular formula is C20H20FN5O. The number of methoxy groups -OCH3 is 1. The molecule has 1 atom stereocenters. The lowest BCUT2D eigenvalue weighted by atomic mass is 10.1. The van der Waals surface area contributed by atoms with Crippen LogP contribution < -0.4 is 11.1 Å². The number of nitrogens with two attached hydrogens (primary N) is 1. The minimum Gasteiger partial charge on any atom is -0.483 e. The highest BCUT2D eigenvalue weighted by Crippen LogP contribution is 2.12. The molecule has 0 spiro atoms. The number of aliphatic imine (C=N–C) groups is 1. The fraction of sp³-hybridized carbons (Fsp3) is 0.150. The fourth-order valence-corrected chi connectivity index (χ4v) is 2.51. The number of rotatable bonds is 6. The molecule has 0 bridgehead atoms. The molecule has 1 aliphatic heterocycles. The van der Waals surface area contributed by atoms with Crippen molar-refractivity contribution in [3.8, 4) is 0 Å². The number of nitrogens with one attached hydrogen (secondary N) is 1. The molecule has 0 radical (unpaired) electrons. The Morgan fingerprint density at radius 1 is 1.30 bits per heavy atom. The first kappa shape index (κ1) is 18.3. The summed E-state index contributed by atoms with van der Waals surface area (Å²) in [7, 11) is 1.58. The van der Waals surface area contributed by atoms with Crippen LogP contribution in [0.2, 0.25) is 0 Å². The molecule has 6 nitrogen and oxygen atoms in total. The van der Waals surface area contributed by atoms with Crippen molar-refractivity contribution in [3.63, 3.8) is 0 Å². The molecule has 0 saturated carbocycles. The smallest absolute Gasteiger partial charge is 0.187 e. The summed E-state index contributed by atoms with van der Waals surface area (Å²) in [5.74, 6) is 0.705. The van der Waals surface area contributed by atoms with E-state index >= 15 is 0 Å². The number of dihydropyridines is 1. The molecule has 0 aliphatic carbocycles. The van der Waals surface area contributed by atoms with E-state index in [0.29, 0.717) is 28.7 Å². The molecular weight excluding hydrogens is 345 g/mol. The molecule has 0 fully saturated rings. The van der Waals surface area contributed by atoms with E-state index in [-0.39, 0.29) is 18.4 Å². The predicted molar refractivity (Wildman–Crippen MR) is 103 cm³/mol. The quantitative estimate of drug-likeness (QED) is 0.769. The van der Waals surface area contributed by atoms with E-state index in [2.05, 4.69) is 20.3 Å². The number of ether oxygens (including phenoxy) is 1. The summed E-state index contributed by atoms with van der Waals surface area (Å²) in [6.45, 7) is 0.180. The van der Waals surface area contributed by atoms with Gasteiger partial charge in [0.1, 0.15) is 5.82 Å². The Morgan fingerprint density at radius 2 is 2.07 bits per heavy atom. The van der Waals surface area contributed by atoms with Gasteiger partial charge < -0.3 is 15.8 Å². The van der Waals surface area contributed by atoms with Crippen molar-refractivity contribution in [1.82, 2.24) is 15.3 Å². The van der Waals surface area contributed by atoms with Crippen LogP contribution in [-0.4, -0.2) is 28.8 Å². The number of allylic oxidation sites excluding steroid dienone is 2. The third-order valence-corrected chi connectivity index (χ3v) is 3.90. The molecule has 2 heterocycles. The van der Waals surface area contributed by atoms with Crippen molar-refractivity contribution >= 4 is 11.4 Å². The molecule has 1 aromatic carbocycles. The van der Waals surface area contributed by atoms with Crippen molar-refractivity contribution in [2.45, 2.75) is 12.6 Å². The van der Waals surface area contributed by atoms with Crippen molar-refractivity contribution in [1.29, 1.82) is 0 Å². The first-order valence-electron chi connectivity index (χ1n) is 8.38. The Hall–Kier alpha value is -3.48. The normalized spacial score (nSPS) is 17.3. The number of hydrogen-bond acceptors (Lipinski definition) is 6. The van der Waals surface area contributed by atoms with E-state index < -0.39 is 0 Å². The maximum Gasteiger partial charge on any atom is 0.187 e. The number of hydrogen-bond donors (Lipinski definition) is 2. The minimum atomic E-state index is -0.298. The van der Waals surface area contributed by atoms with Crippen LogP contribution in [0.4, 0.5) is 4.39 Å². The third-order valence-electron chi connectivity index (χ3n) is 3.90. The summed E-state index contributed by atoms with van der Waals surface area (Å²) >= 11 is 0. The molecule has 0 saturated heterocycles. The molecule has 1 unspecified atom stereocenters. The van der Waals surface area contributed by atoms with Crippen molar-refractivity contribution in [2.24, 2.45) is 10.7 Å². The molecule has 3 rings (SSSR count). The summed E-state index contributed by atoms with van der Waals surface area (Å²) in [6, 6.07) is 7.98. The second-order valence-corrected chi connectivity index (χ2v) is 5.75. The molecule has 7 heteroatoms. The van der Waals surface area contributed by atoms with E-state index in [4.69, 9.17) is 10.5 Å². The highest BCUT2D eigenvalue weighted by Gasteiger charge is 2.16.